The topological polar surface area (TPSA) is 82.3 Å². The fraction of sp³-hybridized carbons (Fsp3) is 0.688. The van der Waals surface area contributed by atoms with E-state index in [0.29, 0.717) is 18.4 Å². The first-order chi connectivity index (χ1) is 11.1. The first-order valence-corrected chi connectivity index (χ1v) is 8.37. The Labute approximate surface area is 141 Å². The molecule has 2 fully saturated rings. The minimum atomic E-state index is -0.606. The van der Waals surface area contributed by atoms with E-state index in [-0.39, 0.29) is 17.2 Å². The molecule has 24 heavy (non-hydrogen) atoms. The molecule has 0 aromatic carbocycles. The standard InChI is InChI=1S/C16H23BN4O3/c1-14(2)15(3,4)24-17(23-14)10-6-12-13(18-9-10)21(20-19-12)11-7-16(5,22)8-11/h6,9,11,22H,7-8H2,1-5H3. The molecule has 1 saturated carbocycles. The van der Waals surface area contributed by atoms with Gasteiger partial charge in [-0.1, -0.05) is 5.21 Å². The summed E-state index contributed by atoms with van der Waals surface area (Å²) in [6, 6.07) is 2.07. The molecule has 2 aliphatic rings. The quantitative estimate of drug-likeness (QED) is 0.834. The highest BCUT2D eigenvalue weighted by molar-refractivity contribution is 6.62. The zero-order valence-corrected chi connectivity index (χ0v) is 14.8. The van der Waals surface area contributed by atoms with E-state index in [4.69, 9.17) is 9.31 Å². The van der Waals surface area contributed by atoms with Crippen molar-refractivity contribution in [2.75, 3.05) is 0 Å². The Balaban J connectivity index is 1.62. The van der Waals surface area contributed by atoms with Gasteiger partial charge < -0.3 is 14.4 Å². The van der Waals surface area contributed by atoms with Crippen molar-refractivity contribution in [3.63, 3.8) is 0 Å². The van der Waals surface area contributed by atoms with Crippen molar-refractivity contribution in [3.8, 4) is 0 Å². The van der Waals surface area contributed by atoms with Gasteiger partial charge in [-0.25, -0.2) is 9.67 Å². The molecule has 2 aromatic heterocycles. The van der Waals surface area contributed by atoms with Crippen LogP contribution < -0.4 is 5.46 Å². The molecule has 0 atom stereocenters. The Bertz CT molecular complexity index is 778. The Hall–Kier alpha value is -1.51. The van der Waals surface area contributed by atoms with Crippen LogP contribution in [-0.2, 0) is 9.31 Å². The van der Waals surface area contributed by atoms with Gasteiger partial charge in [0.25, 0.3) is 0 Å². The number of pyridine rings is 1. The monoisotopic (exact) mass is 330 g/mol. The summed E-state index contributed by atoms with van der Waals surface area (Å²) in [5.41, 5.74) is 0.910. The van der Waals surface area contributed by atoms with Crippen molar-refractivity contribution < 1.29 is 14.4 Å². The van der Waals surface area contributed by atoms with Crippen LogP contribution in [0.4, 0.5) is 0 Å². The molecule has 8 heteroatoms. The normalized spacial score (nSPS) is 31.4. The van der Waals surface area contributed by atoms with Crippen LogP contribution in [0.5, 0.6) is 0 Å². The highest BCUT2D eigenvalue weighted by Gasteiger charge is 2.52. The van der Waals surface area contributed by atoms with E-state index in [1.165, 1.54) is 0 Å². The summed E-state index contributed by atoms with van der Waals surface area (Å²) in [6.07, 6.45) is 3.11. The average Bonchev–Trinajstić information content (AvgIpc) is 2.94. The summed E-state index contributed by atoms with van der Waals surface area (Å²) in [5.74, 6) is 0. The van der Waals surface area contributed by atoms with Crippen molar-refractivity contribution in [1.29, 1.82) is 0 Å². The van der Waals surface area contributed by atoms with Crippen molar-refractivity contribution in [3.05, 3.63) is 12.3 Å². The first-order valence-electron chi connectivity index (χ1n) is 8.37. The maximum Gasteiger partial charge on any atom is 0.496 e. The second kappa shape index (κ2) is 4.77. The average molecular weight is 330 g/mol. The van der Waals surface area contributed by atoms with E-state index in [0.717, 1.165) is 11.1 Å². The lowest BCUT2D eigenvalue weighted by Crippen LogP contribution is -2.42. The van der Waals surface area contributed by atoms with Crippen molar-refractivity contribution in [1.82, 2.24) is 20.0 Å². The van der Waals surface area contributed by atoms with Crippen molar-refractivity contribution in [2.24, 2.45) is 0 Å². The number of rotatable bonds is 2. The zero-order valence-electron chi connectivity index (χ0n) is 14.8. The smallest absolute Gasteiger partial charge is 0.399 e. The maximum absolute atomic E-state index is 9.93. The van der Waals surface area contributed by atoms with Gasteiger partial charge in [0.2, 0.25) is 0 Å². The van der Waals surface area contributed by atoms with Crippen LogP contribution >= 0.6 is 0 Å². The largest absolute Gasteiger partial charge is 0.496 e. The van der Waals surface area contributed by atoms with E-state index in [1.54, 1.807) is 10.9 Å². The highest BCUT2D eigenvalue weighted by Crippen LogP contribution is 2.41. The van der Waals surface area contributed by atoms with Gasteiger partial charge in [0.05, 0.1) is 22.8 Å². The van der Waals surface area contributed by atoms with E-state index >= 15 is 0 Å². The summed E-state index contributed by atoms with van der Waals surface area (Å²) >= 11 is 0. The number of nitrogens with zero attached hydrogens (tertiary/aromatic N) is 4. The summed E-state index contributed by atoms with van der Waals surface area (Å²) in [6.45, 7) is 9.94. The van der Waals surface area contributed by atoms with Gasteiger partial charge >= 0.3 is 7.12 Å². The molecule has 128 valence electrons. The number of fused-ring (bicyclic) bond motifs is 1. The molecule has 1 saturated heterocycles. The van der Waals surface area contributed by atoms with Gasteiger partial charge in [-0.15, -0.1) is 5.10 Å². The summed E-state index contributed by atoms with van der Waals surface area (Å²) in [5, 5.41) is 18.4. The van der Waals surface area contributed by atoms with Crippen LogP contribution in [0.15, 0.2) is 12.3 Å². The molecule has 1 aliphatic carbocycles. The van der Waals surface area contributed by atoms with Gasteiger partial charge in [-0.3, -0.25) is 0 Å². The number of hydrogen-bond acceptors (Lipinski definition) is 6. The molecule has 7 nitrogen and oxygen atoms in total. The Morgan fingerprint density at radius 1 is 1.17 bits per heavy atom. The van der Waals surface area contributed by atoms with Gasteiger partial charge in [-0.2, -0.15) is 0 Å². The third kappa shape index (κ3) is 2.36. The van der Waals surface area contributed by atoms with E-state index in [9.17, 15) is 5.11 Å². The van der Waals surface area contributed by atoms with Crippen LogP contribution in [0.25, 0.3) is 11.2 Å². The molecule has 0 bridgehead atoms. The van der Waals surface area contributed by atoms with Crippen LogP contribution in [0, 0.1) is 0 Å². The summed E-state index contributed by atoms with van der Waals surface area (Å²) < 4.78 is 13.9. The maximum atomic E-state index is 9.93. The Morgan fingerprint density at radius 3 is 2.38 bits per heavy atom. The lowest BCUT2D eigenvalue weighted by molar-refractivity contribution is -0.0536. The third-order valence-corrected chi connectivity index (χ3v) is 5.56. The minimum absolute atomic E-state index is 0.153. The molecule has 0 unspecified atom stereocenters. The lowest BCUT2D eigenvalue weighted by Gasteiger charge is -2.40. The fourth-order valence-corrected chi connectivity index (χ4v) is 3.33. The number of hydrogen-bond donors (Lipinski definition) is 1. The Morgan fingerprint density at radius 2 is 1.79 bits per heavy atom. The third-order valence-electron chi connectivity index (χ3n) is 5.56. The molecule has 1 N–H and O–H groups in total. The van der Waals surface area contributed by atoms with Crippen LogP contribution in [-0.4, -0.2) is 49.0 Å². The predicted molar refractivity (Wildman–Crippen MR) is 89.9 cm³/mol. The molecule has 3 heterocycles. The molecular formula is C16H23BN4O3. The van der Waals surface area contributed by atoms with Gasteiger partial charge in [0, 0.05) is 11.7 Å². The van der Waals surface area contributed by atoms with E-state index in [2.05, 4.69) is 15.3 Å². The molecular weight excluding hydrogens is 307 g/mol. The molecule has 0 spiro atoms. The van der Waals surface area contributed by atoms with Crippen LogP contribution in [0.3, 0.4) is 0 Å². The fourth-order valence-electron chi connectivity index (χ4n) is 3.33. The van der Waals surface area contributed by atoms with Gasteiger partial charge in [0.15, 0.2) is 5.65 Å². The number of aromatic nitrogens is 4. The highest BCUT2D eigenvalue weighted by atomic mass is 16.7. The zero-order chi connectivity index (χ0) is 17.3. The molecule has 1 aliphatic heterocycles. The van der Waals surface area contributed by atoms with Gasteiger partial charge in [0.1, 0.15) is 5.52 Å². The van der Waals surface area contributed by atoms with Crippen molar-refractivity contribution in [2.45, 2.75) is 70.3 Å². The lowest BCUT2D eigenvalue weighted by atomic mass is 9.77. The summed E-state index contributed by atoms with van der Waals surface area (Å²) in [7, 11) is -0.457. The predicted octanol–water partition coefficient (Wildman–Crippen LogP) is 1.21. The van der Waals surface area contributed by atoms with Gasteiger partial charge in [-0.05, 0) is 53.5 Å². The minimum Gasteiger partial charge on any atom is -0.399 e. The van der Waals surface area contributed by atoms with E-state index in [1.807, 2.05) is 40.7 Å². The van der Waals surface area contributed by atoms with Crippen LogP contribution in [0.2, 0.25) is 0 Å². The first kappa shape index (κ1) is 16.0. The Kier molecular flexibility index (Phi) is 3.18. The molecule has 0 radical (unpaired) electrons. The molecule has 2 aromatic rings. The summed E-state index contributed by atoms with van der Waals surface area (Å²) in [4.78, 5) is 4.53. The molecule has 0 amide bonds. The van der Waals surface area contributed by atoms with Crippen molar-refractivity contribution >= 4 is 23.7 Å². The molecule has 4 rings (SSSR count). The van der Waals surface area contributed by atoms with E-state index < -0.39 is 12.7 Å². The van der Waals surface area contributed by atoms with Crippen LogP contribution in [0.1, 0.15) is 53.5 Å². The SMILES string of the molecule is CC1(O)CC(n2nnc3cc(B4OC(C)(C)C(C)(C)O4)cnc32)C1. The second-order valence-corrected chi connectivity index (χ2v) is 8.29. The second-order valence-electron chi connectivity index (χ2n) is 8.29. The number of aliphatic hydroxyl groups is 1.